The van der Waals surface area contributed by atoms with Crippen LogP contribution in [0.5, 0.6) is 5.75 Å². The van der Waals surface area contributed by atoms with E-state index in [-0.39, 0.29) is 37.3 Å². The molecule has 11 nitrogen and oxygen atoms in total. The van der Waals surface area contributed by atoms with Gasteiger partial charge in [0, 0.05) is 5.92 Å². The summed E-state index contributed by atoms with van der Waals surface area (Å²) < 4.78 is 5.66. The lowest BCUT2D eigenvalue weighted by molar-refractivity contribution is -0.138. The zero-order chi connectivity index (χ0) is 37.0. The lowest BCUT2D eigenvalue weighted by Crippen LogP contribution is -2.53. The van der Waals surface area contributed by atoms with E-state index in [1.807, 2.05) is 67.6 Å². The molecule has 4 amide bonds. The lowest BCUT2D eigenvalue weighted by Gasteiger charge is -2.50. The fourth-order valence-electron chi connectivity index (χ4n) is 9.07. The first-order valence-corrected chi connectivity index (χ1v) is 17.7. The van der Waals surface area contributed by atoms with E-state index in [1.54, 1.807) is 30.3 Å². The molecule has 11 heteroatoms. The highest BCUT2D eigenvalue weighted by molar-refractivity contribution is 6.23. The molecule has 4 aliphatic rings. The predicted molar refractivity (Wildman–Crippen MR) is 194 cm³/mol. The molecule has 4 aromatic carbocycles. The average molecular weight is 712 g/mol. The number of carboxylic acids is 1. The molecule has 6 atom stereocenters. The quantitative estimate of drug-likeness (QED) is 0.156. The zero-order valence-electron chi connectivity index (χ0n) is 28.8. The summed E-state index contributed by atoms with van der Waals surface area (Å²) in [5.41, 5.74) is 5.58. The molecule has 4 aromatic rings. The number of allylic oxidation sites excluding steroid dienone is 2. The molecule has 2 aliphatic heterocycles. The van der Waals surface area contributed by atoms with Gasteiger partial charge < -0.3 is 14.9 Å². The Labute approximate surface area is 305 Å². The van der Waals surface area contributed by atoms with Gasteiger partial charge in [-0.3, -0.25) is 29.5 Å². The van der Waals surface area contributed by atoms with Crippen molar-refractivity contribution in [1.29, 1.82) is 0 Å². The van der Waals surface area contributed by atoms with E-state index in [9.17, 15) is 29.4 Å². The van der Waals surface area contributed by atoms with Crippen LogP contribution in [0.1, 0.15) is 45.8 Å². The number of aryl methyl sites for hydroxylation is 1. The van der Waals surface area contributed by atoms with E-state index < -0.39 is 64.6 Å². The number of carboxylic acid groups (broad SMARTS) is 1. The molecular formula is C42H37N3O8. The van der Waals surface area contributed by atoms with Crippen LogP contribution in [0, 0.1) is 30.6 Å². The molecule has 53 heavy (non-hydrogen) atoms. The van der Waals surface area contributed by atoms with Gasteiger partial charge >= 0.3 is 5.97 Å². The van der Waals surface area contributed by atoms with Crippen molar-refractivity contribution in [3.05, 3.63) is 137 Å². The maximum atomic E-state index is 15.3. The number of aromatic carboxylic acids is 1. The predicted octanol–water partition coefficient (Wildman–Crippen LogP) is 5.25. The maximum absolute atomic E-state index is 15.3. The number of nitrogens with one attached hydrogen (secondary N) is 1. The fourth-order valence-corrected chi connectivity index (χ4v) is 9.07. The molecule has 8 rings (SSSR count). The number of aliphatic hydroxyl groups excluding tert-OH is 1. The summed E-state index contributed by atoms with van der Waals surface area (Å²) in [4.78, 5) is 71.5. The van der Waals surface area contributed by atoms with Gasteiger partial charge in [0.2, 0.25) is 11.8 Å². The normalized spacial score (nSPS) is 26.2. The number of amides is 4. The first-order chi connectivity index (χ1) is 25.6. The van der Waals surface area contributed by atoms with Crippen molar-refractivity contribution in [2.24, 2.45) is 23.7 Å². The Kier molecular flexibility index (Phi) is 8.45. The van der Waals surface area contributed by atoms with Crippen molar-refractivity contribution in [2.75, 3.05) is 23.5 Å². The van der Waals surface area contributed by atoms with Gasteiger partial charge in [-0.15, -0.1) is 0 Å². The molecule has 2 aliphatic carbocycles. The highest BCUT2D eigenvalue weighted by Crippen LogP contribution is 2.64. The number of aliphatic hydroxyl groups is 1. The molecule has 0 aromatic heterocycles. The Hall–Kier alpha value is -6.07. The average Bonchev–Trinajstić information content (AvgIpc) is 3.56. The van der Waals surface area contributed by atoms with Crippen LogP contribution in [0.25, 0.3) is 0 Å². The first-order valence-electron chi connectivity index (χ1n) is 17.7. The summed E-state index contributed by atoms with van der Waals surface area (Å²) >= 11 is 0. The van der Waals surface area contributed by atoms with Gasteiger partial charge in [-0.25, -0.2) is 4.79 Å². The van der Waals surface area contributed by atoms with Crippen LogP contribution < -0.4 is 15.1 Å². The molecule has 0 unspecified atom stereocenters. The number of benzene rings is 4. The Morgan fingerprint density at radius 3 is 2.30 bits per heavy atom. The summed E-state index contributed by atoms with van der Waals surface area (Å²) in [6.45, 7) is 1.89. The van der Waals surface area contributed by atoms with Crippen molar-refractivity contribution >= 4 is 41.0 Å². The number of anilines is 2. The third-order valence-corrected chi connectivity index (χ3v) is 11.3. The number of rotatable bonds is 9. The Balaban J connectivity index is 1.29. The minimum absolute atomic E-state index is 0.0511. The van der Waals surface area contributed by atoms with Gasteiger partial charge in [0.15, 0.2) is 0 Å². The Morgan fingerprint density at radius 2 is 1.60 bits per heavy atom. The summed E-state index contributed by atoms with van der Waals surface area (Å²) in [6.07, 6.45) is 2.34. The number of hydrogen-bond donors (Lipinski definition) is 3. The zero-order valence-corrected chi connectivity index (χ0v) is 28.8. The number of carbonyl (C=O) groups excluding carboxylic acids is 4. The van der Waals surface area contributed by atoms with E-state index in [0.29, 0.717) is 17.0 Å². The third-order valence-electron chi connectivity index (χ3n) is 11.3. The molecule has 3 N–H and O–H groups in total. The van der Waals surface area contributed by atoms with E-state index in [4.69, 9.17) is 4.74 Å². The minimum atomic E-state index is -1.42. The van der Waals surface area contributed by atoms with E-state index in [0.717, 1.165) is 26.6 Å². The number of ether oxygens (including phenoxy) is 1. The number of fused-ring (bicyclic) bond motifs is 4. The summed E-state index contributed by atoms with van der Waals surface area (Å²) in [7, 11) is 0. The molecule has 1 saturated carbocycles. The van der Waals surface area contributed by atoms with Gasteiger partial charge in [0.1, 0.15) is 12.4 Å². The number of carbonyl (C=O) groups is 5. The fraction of sp³-hybridized carbons (Fsp3) is 0.262. The minimum Gasteiger partial charge on any atom is -0.491 e. The number of imide groups is 2. The Morgan fingerprint density at radius 1 is 0.868 bits per heavy atom. The van der Waals surface area contributed by atoms with E-state index >= 15 is 4.79 Å². The SMILES string of the molecule is Cc1ccc(NN2C(=O)[C@@H]3C[C@@H]4C(=CC[C@@H]5C(=O)N(c6cccc(C(=O)O)c6)C(=O)[C@@H]54)[C@H](c4ccc(OCCO)cc4)[C@]3(c3ccccc3)C2=O)cc1. The van der Waals surface area contributed by atoms with E-state index in [1.165, 1.54) is 18.2 Å². The molecule has 2 heterocycles. The highest BCUT2D eigenvalue weighted by Gasteiger charge is 2.70. The standard InChI is InChI=1S/C42H37N3O8/c1-24-10-14-28(15-11-24)43-45-38(48)34-23-33-31(18-19-32-35(33)39(49)44(37(32)47)29-9-5-6-26(22-29)40(50)51)36(25-12-16-30(17-13-25)53-21-20-46)42(34,41(45)52)27-7-3-2-4-8-27/h2-18,22,32-36,43,46H,19-21,23H2,1H3,(H,50,51)/t32-,33+,34-,35-,36-,42+/m0/s1. The van der Waals surface area contributed by atoms with Crippen LogP contribution in [0.15, 0.2) is 115 Å². The molecular weight excluding hydrogens is 674 g/mol. The second kappa shape index (κ2) is 13.2. The second-order valence-electron chi connectivity index (χ2n) is 14.1. The monoisotopic (exact) mass is 711 g/mol. The van der Waals surface area contributed by atoms with Crippen molar-refractivity contribution < 1.29 is 38.9 Å². The maximum Gasteiger partial charge on any atom is 0.335 e. The molecule has 268 valence electrons. The van der Waals surface area contributed by atoms with Crippen LogP contribution in [0.3, 0.4) is 0 Å². The third kappa shape index (κ3) is 5.33. The summed E-state index contributed by atoms with van der Waals surface area (Å²) in [6, 6.07) is 29.7. The van der Waals surface area contributed by atoms with Gasteiger partial charge in [0.25, 0.3) is 11.8 Å². The number of hydrazine groups is 1. The van der Waals surface area contributed by atoms with Crippen molar-refractivity contribution in [3.63, 3.8) is 0 Å². The van der Waals surface area contributed by atoms with Gasteiger partial charge in [0.05, 0.1) is 46.7 Å². The molecule has 2 saturated heterocycles. The second-order valence-corrected chi connectivity index (χ2v) is 14.1. The van der Waals surface area contributed by atoms with E-state index in [2.05, 4.69) is 5.43 Å². The smallest absolute Gasteiger partial charge is 0.335 e. The Bertz CT molecular complexity index is 2170. The van der Waals surface area contributed by atoms with Crippen LogP contribution in [0.2, 0.25) is 0 Å². The van der Waals surface area contributed by atoms with Gasteiger partial charge in [-0.1, -0.05) is 77.9 Å². The highest BCUT2D eigenvalue weighted by atomic mass is 16.5. The molecule has 0 spiro atoms. The number of hydrogen-bond acceptors (Lipinski definition) is 8. The van der Waals surface area contributed by atoms with Crippen molar-refractivity contribution in [1.82, 2.24) is 5.01 Å². The largest absolute Gasteiger partial charge is 0.491 e. The van der Waals surface area contributed by atoms with Crippen LogP contribution >= 0.6 is 0 Å². The van der Waals surface area contributed by atoms with Crippen LogP contribution in [-0.4, -0.2) is 58.0 Å². The van der Waals surface area contributed by atoms with Crippen LogP contribution in [0.4, 0.5) is 11.4 Å². The molecule has 0 radical (unpaired) electrons. The van der Waals surface area contributed by atoms with Crippen molar-refractivity contribution in [2.45, 2.75) is 31.1 Å². The number of nitrogens with zero attached hydrogens (tertiary/aromatic N) is 2. The first kappa shape index (κ1) is 34.0. The topological polar surface area (TPSA) is 154 Å². The van der Waals surface area contributed by atoms with Crippen molar-refractivity contribution in [3.8, 4) is 5.75 Å². The molecule has 0 bridgehead atoms. The van der Waals surface area contributed by atoms with Crippen LogP contribution in [-0.2, 0) is 24.6 Å². The molecule has 3 fully saturated rings. The summed E-state index contributed by atoms with van der Waals surface area (Å²) in [5.74, 6) is -6.16. The van der Waals surface area contributed by atoms with Gasteiger partial charge in [-0.2, -0.15) is 5.01 Å². The lowest BCUT2D eigenvalue weighted by atomic mass is 9.49. The summed E-state index contributed by atoms with van der Waals surface area (Å²) in [5, 5.41) is 20.1. The van der Waals surface area contributed by atoms with Gasteiger partial charge in [-0.05, 0) is 79.3 Å².